The van der Waals surface area contributed by atoms with Gasteiger partial charge in [-0.05, 0) is 51.1 Å². The number of carboxylic acid groups (broad SMARTS) is 1. The van der Waals surface area contributed by atoms with Crippen molar-refractivity contribution in [2.45, 2.75) is 32.1 Å². The first-order valence-corrected chi connectivity index (χ1v) is 5.71. The minimum absolute atomic E-state index is 0.0841. The van der Waals surface area contributed by atoms with Crippen LogP contribution in [0.1, 0.15) is 32.1 Å². The van der Waals surface area contributed by atoms with Crippen molar-refractivity contribution >= 4 is 5.97 Å². The van der Waals surface area contributed by atoms with Gasteiger partial charge in [-0.1, -0.05) is 0 Å². The Bertz CT molecular complexity index is 213. The fourth-order valence-corrected chi connectivity index (χ4v) is 2.25. The third-order valence-electron chi connectivity index (χ3n) is 3.38. The molecule has 2 rings (SSSR count). The standard InChI is InChI=1S/C11H19NO2/c13-11(14)10-2-1-6-12(7-5-10)8-9-3-4-9/h9-10H,1-8H2,(H,13,14). The summed E-state index contributed by atoms with van der Waals surface area (Å²) in [5.74, 6) is 0.244. The molecule has 14 heavy (non-hydrogen) atoms. The van der Waals surface area contributed by atoms with Gasteiger partial charge < -0.3 is 10.0 Å². The molecule has 3 nitrogen and oxygen atoms in total. The molecule has 2 aliphatic rings. The summed E-state index contributed by atoms with van der Waals surface area (Å²) in [6, 6.07) is 0. The molecule has 0 aromatic carbocycles. The lowest BCUT2D eigenvalue weighted by molar-refractivity contribution is -0.142. The minimum Gasteiger partial charge on any atom is -0.481 e. The molecule has 1 aliphatic carbocycles. The Balaban J connectivity index is 1.77. The first-order valence-electron chi connectivity index (χ1n) is 5.71. The van der Waals surface area contributed by atoms with Gasteiger partial charge in [-0.2, -0.15) is 0 Å². The normalized spacial score (nSPS) is 29.9. The molecule has 1 saturated carbocycles. The molecular weight excluding hydrogens is 178 g/mol. The highest BCUT2D eigenvalue weighted by Crippen LogP contribution is 2.30. The van der Waals surface area contributed by atoms with Crippen molar-refractivity contribution in [1.82, 2.24) is 4.90 Å². The maximum absolute atomic E-state index is 10.8. The monoisotopic (exact) mass is 197 g/mol. The van der Waals surface area contributed by atoms with E-state index in [4.69, 9.17) is 5.11 Å². The number of aliphatic carboxylic acids is 1. The van der Waals surface area contributed by atoms with E-state index in [0.29, 0.717) is 0 Å². The second-order valence-corrected chi connectivity index (χ2v) is 4.71. The summed E-state index contributed by atoms with van der Waals surface area (Å²) in [6.45, 7) is 3.32. The van der Waals surface area contributed by atoms with Gasteiger partial charge in [-0.25, -0.2) is 0 Å². The highest BCUT2D eigenvalue weighted by Gasteiger charge is 2.27. The number of carboxylic acids is 1. The minimum atomic E-state index is -0.599. The summed E-state index contributed by atoms with van der Waals surface area (Å²) in [5, 5.41) is 8.93. The van der Waals surface area contributed by atoms with Crippen LogP contribution in [-0.2, 0) is 4.79 Å². The van der Waals surface area contributed by atoms with Gasteiger partial charge in [0.05, 0.1) is 5.92 Å². The largest absolute Gasteiger partial charge is 0.481 e. The number of hydrogen-bond acceptors (Lipinski definition) is 2. The number of carbonyl (C=O) groups is 1. The summed E-state index contributed by atoms with van der Waals surface area (Å²) < 4.78 is 0. The van der Waals surface area contributed by atoms with Crippen molar-refractivity contribution in [1.29, 1.82) is 0 Å². The summed E-state index contributed by atoms with van der Waals surface area (Å²) in [6.07, 6.45) is 5.56. The van der Waals surface area contributed by atoms with Crippen LogP contribution in [0.2, 0.25) is 0 Å². The predicted octanol–water partition coefficient (Wildman–Crippen LogP) is 1.58. The molecule has 80 valence electrons. The summed E-state index contributed by atoms with van der Waals surface area (Å²) in [7, 11) is 0. The maximum Gasteiger partial charge on any atom is 0.306 e. The first kappa shape index (κ1) is 9.97. The molecule has 0 radical (unpaired) electrons. The van der Waals surface area contributed by atoms with E-state index in [1.54, 1.807) is 0 Å². The second kappa shape index (κ2) is 4.30. The van der Waals surface area contributed by atoms with Gasteiger partial charge in [0, 0.05) is 6.54 Å². The van der Waals surface area contributed by atoms with E-state index in [1.165, 1.54) is 19.4 Å². The van der Waals surface area contributed by atoms with Crippen molar-refractivity contribution in [3.63, 3.8) is 0 Å². The molecule has 1 atom stereocenters. The molecule has 0 bridgehead atoms. The van der Waals surface area contributed by atoms with Crippen LogP contribution in [-0.4, -0.2) is 35.6 Å². The number of rotatable bonds is 3. The number of nitrogens with zero attached hydrogens (tertiary/aromatic N) is 1. The van der Waals surface area contributed by atoms with E-state index < -0.39 is 5.97 Å². The zero-order chi connectivity index (χ0) is 9.97. The fourth-order valence-electron chi connectivity index (χ4n) is 2.25. The Hall–Kier alpha value is -0.570. The molecule has 1 unspecified atom stereocenters. The molecule has 0 amide bonds. The highest BCUT2D eigenvalue weighted by atomic mass is 16.4. The van der Waals surface area contributed by atoms with Gasteiger partial charge in [-0.15, -0.1) is 0 Å². The Morgan fingerprint density at radius 3 is 2.64 bits per heavy atom. The summed E-state index contributed by atoms with van der Waals surface area (Å²) in [4.78, 5) is 13.3. The average Bonchev–Trinajstić information content (AvgIpc) is 2.92. The highest BCUT2D eigenvalue weighted by molar-refractivity contribution is 5.69. The van der Waals surface area contributed by atoms with Crippen molar-refractivity contribution in [2.24, 2.45) is 11.8 Å². The van der Waals surface area contributed by atoms with Crippen LogP contribution in [0, 0.1) is 11.8 Å². The number of hydrogen-bond donors (Lipinski definition) is 1. The van der Waals surface area contributed by atoms with Crippen LogP contribution < -0.4 is 0 Å². The van der Waals surface area contributed by atoms with Crippen LogP contribution >= 0.6 is 0 Å². The molecule has 0 aromatic rings. The molecule has 1 saturated heterocycles. The Kier molecular flexibility index (Phi) is 3.06. The van der Waals surface area contributed by atoms with Crippen molar-refractivity contribution in [3.8, 4) is 0 Å². The molecule has 2 fully saturated rings. The van der Waals surface area contributed by atoms with Crippen LogP contribution in [0.15, 0.2) is 0 Å². The van der Waals surface area contributed by atoms with Crippen molar-refractivity contribution < 1.29 is 9.90 Å². The Morgan fingerprint density at radius 2 is 2.00 bits per heavy atom. The van der Waals surface area contributed by atoms with E-state index in [2.05, 4.69) is 4.90 Å². The molecule has 3 heteroatoms. The van der Waals surface area contributed by atoms with E-state index in [-0.39, 0.29) is 5.92 Å². The fraction of sp³-hybridized carbons (Fsp3) is 0.909. The summed E-state index contributed by atoms with van der Waals surface area (Å²) >= 11 is 0. The van der Waals surface area contributed by atoms with Crippen LogP contribution in [0.3, 0.4) is 0 Å². The molecule has 1 N–H and O–H groups in total. The van der Waals surface area contributed by atoms with E-state index in [0.717, 1.165) is 38.3 Å². The maximum atomic E-state index is 10.8. The summed E-state index contributed by atoms with van der Waals surface area (Å²) in [5.41, 5.74) is 0. The van der Waals surface area contributed by atoms with Gasteiger partial charge in [0.15, 0.2) is 0 Å². The zero-order valence-corrected chi connectivity index (χ0v) is 8.61. The predicted molar refractivity (Wildman–Crippen MR) is 54.1 cm³/mol. The Labute approximate surface area is 85.1 Å². The van der Waals surface area contributed by atoms with Gasteiger partial charge >= 0.3 is 5.97 Å². The first-order chi connectivity index (χ1) is 6.75. The van der Waals surface area contributed by atoms with Crippen molar-refractivity contribution in [3.05, 3.63) is 0 Å². The smallest absolute Gasteiger partial charge is 0.306 e. The zero-order valence-electron chi connectivity index (χ0n) is 8.61. The third kappa shape index (κ3) is 2.71. The number of likely N-dealkylation sites (tertiary alicyclic amines) is 1. The van der Waals surface area contributed by atoms with Gasteiger partial charge in [0.1, 0.15) is 0 Å². The molecule has 0 aromatic heterocycles. The van der Waals surface area contributed by atoms with Gasteiger partial charge in [-0.3, -0.25) is 4.79 Å². The average molecular weight is 197 g/mol. The molecule has 1 aliphatic heterocycles. The van der Waals surface area contributed by atoms with E-state index >= 15 is 0 Å². The van der Waals surface area contributed by atoms with Gasteiger partial charge in [0.2, 0.25) is 0 Å². The van der Waals surface area contributed by atoms with E-state index in [1.807, 2.05) is 0 Å². The van der Waals surface area contributed by atoms with Crippen LogP contribution in [0.25, 0.3) is 0 Å². The molecule has 1 heterocycles. The molecule has 0 spiro atoms. The third-order valence-corrected chi connectivity index (χ3v) is 3.38. The lowest BCUT2D eigenvalue weighted by Gasteiger charge is -2.19. The van der Waals surface area contributed by atoms with Crippen LogP contribution in [0.5, 0.6) is 0 Å². The van der Waals surface area contributed by atoms with Gasteiger partial charge in [0.25, 0.3) is 0 Å². The van der Waals surface area contributed by atoms with E-state index in [9.17, 15) is 4.79 Å². The van der Waals surface area contributed by atoms with Crippen LogP contribution in [0.4, 0.5) is 0 Å². The molecular formula is C11H19NO2. The second-order valence-electron chi connectivity index (χ2n) is 4.71. The quantitative estimate of drug-likeness (QED) is 0.746. The SMILES string of the molecule is O=C(O)C1CCCN(CC2CC2)CC1. The lowest BCUT2D eigenvalue weighted by atomic mass is 10.0. The Morgan fingerprint density at radius 1 is 1.21 bits per heavy atom. The van der Waals surface area contributed by atoms with Crippen molar-refractivity contribution in [2.75, 3.05) is 19.6 Å². The lowest BCUT2D eigenvalue weighted by Crippen LogP contribution is -2.27. The topological polar surface area (TPSA) is 40.5 Å².